The van der Waals surface area contributed by atoms with Crippen molar-refractivity contribution >= 4 is 11.6 Å². The highest BCUT2D eigenvalue weighted by Gasteiger charge is 2.24. The van der Waals surface area contributed by atoms with Crippen molar-refractivity contribution in [3.05, 3.63) is 65.3 Å². The summed E-state index contributed by atoms with van der Waals surface area (Å²) in [6.07, 6.45) is 5.32. The van der Waals surface area contributed by atoms with Gasteiger partial charge in [0.1, 0.15) is 0 Å². The summed E-state index contributed by atoms with van der Waals surface area (Å²) < 4.78 is 7.39. The van der Waals surface area contributed by atoms with Crippen LogP contribution in [0.3, 0.4) is 0 Å². The molecule has 5 nitrogen and oxygen atoms in total. The number of nitrogens with zero attached hydrogens (tertiary/aromatic N) is 4. The highest BCUT2D eigenvalue weighted by atomic mass is 35.5. The highest BCUT2D eigenvalue weighted by Crippen LogP contribution is 2.32. The summed E-state index contributed by atoms with van der Waals surface area (Å²) in [4.78, 5) is 8.55. The Balaban J connectivity index is 1.88. The van der Waals surface area contributed by atoms with E-state index in [0.717, 1.165) is 5.56 Å². The molecule has 0 fully saturated rings. The molecule has 0 aliphatic rings. The molecule has 0 aliphatic carbocycles. The topological polar surface area (TPSA) is 56.7 Å². The van der Waals surface area contributed by atoms with Crippen molar-refractivity contribution in [3.8, 4) is 0 Å². The van der Waals surface area contributed by atoms with Gasteiger partial charge in [0.05, 0.1) is 18.8 Å². The summed E-state index contributed by atoms with van der Waals surface area (Å²) >= 11 is 6.10. The summed E-state index contributed by atoms with van der Waals surface area (Å²) in [6.45, 7) is 4.81. The van der Waals surface area contributed by atoms with Gasteiger partial charge in [-0.2, -0.15) is 4.98 Å². The van der Waals surface area contributed by atoms with Crippen LogP contribution in [0.2, 0.25) is 5.02 Å². The molecule has 22 heavy (non-hydrogen) atoms. The van der Waals surface area contributed by atoms with Crippen molar-refractivity contribution in [2.75, 3.05) is 0 Å². The van der Waals surface area contributed by atoms with E-state index in [-0.39, 0.29) is 5.92 Å². The molecule has 0 bridgehead atoms. The van der Waals surface area contributed by atoms with Crippen molar-refractivity contribution in [2.24, 2.45) is 5.92 Å². The number of hydrogen-bond donors (Lipinski definition) is 0. The summed E-state index contributed by atoms with van der Waals surface area (Å²) in [7, 11) is 0. The van der Waals surface area contributed by atoms with Crippen LogP contribution in [0, 0.1) is 5.92 Å². The predicted octanol–water partition coefficient (Wildman–Crippen LogP) is 3.76. The van der Waals surface area contributed by atoms with Gasteiger partial charge in [-0.1, -0.05) is 42.7 Å². The smallest absolute Gasteiger partial charge is 0.234 e. The number of aromatic nitrogens is 4. The number of benzene rings is 1. The molecule has 0 N–H and O–H groups in total. The SMILES string of the molecule is CC(C)C(c1cccc(Cl)c1)c1nc(Cn2ccnc2)no1. The van der Waals surface area contributed by atoms with Crippen LogP contribution in [0.15, 0.2) is 47.5 Å². The minimum atomic E-state index is 0.0303. The van der Waals surface area contributed by atoms with Crippen LogP contribution in [-0.2, 0) is 6.54 Å². The third-order valence-electron chi connectivity index (χ3n) is 3.51. The van der Waals surface area contributed by atoms with E-state index in [2.05, 4.69) is 29.0 Å². The number of rotatable bonds is 5. The Labute approximate surface area is 133 Å². The van der Waals surface area contributed by atoms with Crippen LogP contribution < -0.4 is 0 Å². The fourth-order valence-electron chi connectivity index (χ4n) is 2.51. The van der Waals surface area contributed by atoms with Gasteiger partial charge in [-0.15, -0.1) is 0 Å². The number of hydrogen-bond acceptors (Lipinski definition) is 4. The van der Waals surface area contributed by atoms with Crippen LogP contribution >= 0.6 is 11.6 Å². The first-order chi connectivity index (χ1) is 10.6. The molecule has 0 saturated heterocycles. The van der Waals surface area contributed by atoms with E-state index >= 15 is 0 Å². The first-order valence-electron chi connectivity index (χ1n) is 7.17. The fraction of sp³-hybridized carbons (Fsp3) is 0.312. The molecular weight excluding hydrogens is 300 g/mol. The first-order valence-corrected chi connectivity index (χ1v) is 7.55. The van der Waals surface area contributed by atoms with Gasteiger partial charge < -0.3 is 9.09 Å². The average molecular weight is 317 g/mol. The van der Waals surface area contributed by atoms with Crippen molar-refractivity contribution < 1.29 is 4.52 Å². The highest BCUT2D eigenvalue weighted by molar-refractivity contribution is 6.30. The molecule has 3 aromatic rings. The molecule has 6 heteroatoms. The van der Waals surface area contributed by atoms with E-state index in [1.165, 1.54) is 0 Å². The van der Waals surface area contributed by atoms with Crippen LogP contribution in [0.1, 0.15) is 37.0 Å². The van der Waals surface area contributed by atoms with E-state index < -0.39 is 0 Å². The van der Waals surface area contributed by atoms with E-state index in [0.29, 0.717) is 29.2 Å². The van der Waals surface area contributed by atoms with Gasteiger partial charge in [-0.05, 0) is 23.6 Å². The maximum Gasteiger partial charge on any atom is 0.234 e. The van der Waals surface area contributed by atoms with Crippen molar-refractivity contribution in [3.63, 3.8) is 0 Å². The molecule has 1 unspecified atom stereocenters. The van der Waals surface area contributed by atoms with E-state index in [4.69, 9.17) is 16.1 Å². The van der Waals surface area contributed by atoms with E-state index in [9.17, 15) is 0 Å². The van der Waals surface area contributed by atoms with Gasteiger partial charge in [-0.3, -0.25) is 0 Å². The molecule has 0 spiro atoms. The van der Waals surface area contributed by atoms with Gasteiger partial charge in [0.25, 0.3) is 0 Å². The summed E-state index contributed by atoms with van der Waals surface area (Å²) in [5, 5.41) is 4.78. The van der Waals surface area contributed by atoms with Crippen molar-refractivity contribution in [1.82, 2.24) is 19.7 Å². The summed E-state index contributed by atoms with van der Waals surface area (Å²) in [5.41, 5.74) is 1.08. The Hall–Kier alpha value is -2.14. The second kappa shape index (κ2) is 6.32. The van der Waals surface area contributed by atoms with Crippen LogP contribution in [0.5, 0.6) is 0 Å². The molecule has 2 heterocycles. The predicted molar refractivity (Wildman–Crippen MR) is 83.8 cm³/mol. The number of imidazole rings is 1. The lowest BCUT2D eigenvalue weighted by atomic mass is 9.88. The molecule has 0 amide bonds. The minimum absolute atomic E-state index is 0.0303. The zero-order chi connectivity index (χ0) is 15.5. The molecule has 2 aromatic heterocycles. The van der Waals surface area contributed by atoms with Gasteiger partial charge >= 0.3 is 0 Å². The fourth-order valence-corrected chi connectivity index (χ4v) is 2.71. The maximum atomic E-state index is 6.10. The molecule has 1 atom stereocenters. The molecular formula is C16H17ClN4O. The first kappa shape index (κ1) is 14.8. The summed E-state index contributed by atoms with van der Waals surface area (Å²) in [5.74, 6) is 1.61. The largest absolute Gasteiger partial charge is 0.339 e. The Morgan fingerprint density at radius 3 is 2.86 bits per heavy atom. The van der Waals surface area contributed by atoms with E-state index in [1.54, 1.807) is 12.5 Å². The van der Waals surface area contributed by atoms with Crippen LogP contribution in [0.25, 0.3) is 0 Å². The lowest BCUT2D eigenvalue weighted by Gasteiger charge is -2.17. The van der Waals surface area contributed by atoms with Crippen molar-refractivity contribution in [2.45, 2.75) is 26.3 Å². The third kappa shape index (κ3) is 3.20. The van der Waals surface area contributed by atoms with Crippen molar-refractivity contribution in [1.29, 1.82) is 0 Å². The molecule has 3 rings (SSSR count). The van der Waals surface area contributed by atoms with Gasteiger partial charge in [-0.25, -0.2) is 4.98 Å². The Morgan fingerprint density at radius 2 is 2.18 bits per heavy atom. The minimum Gasteiger partial charge on any atom is -0.339 e. The Kier molecular flexibility index (Phi) is 4.24. The third-order valence-corrected chi connectivity index (χ3v) is 3.74. The average Bonchev–Trinajstić information content (AvgIpc) is 3.12. The van der Waals surface area contributed by atoms with Gasteiger partial charge in [0, 0.05) is 17.4 Å². The quantitative estimate of drug-likeness (QED) is 0.719. The second-order valence-electron chi connectivity index (χ2n) is 5.56. The van der Waals surface area contributed by atoms with Gasteiger partial charge in [0.2, 0.25) is 5.89 Å². The molecule has 0 aliphatic heterocycles. The Bertz CT molecular complexity index is 736. The zero-order valence-electron chi connectivity index (χ0n) is 12.5. The standard InChI is InChI=1S/C16H17ClN4O/c1-11(2)15(12-4-3-5-13(17)8-12)16-19-14(20-22-16)9-21-7-6-18-10-21/h3-8,10-11,15H,9H2,1-2H3. The Morgan fingerprint density at radius 1 is 1.32 bits per heavy atom. The van der Waals surface area contributed by atoms with Crippen LogP contribution in [-0.4, -0.2) is 19.7 Å². The molecule has 0 saturated carbocycles. The van der Waals surface area contributed by atoms with E-state index in [1.807, 2.05) is 35.0 Å². The van der Waals surface area contributed by atoms with Crippen LogP contribution in [0.4, 0.5) is 0 Å². The monoisotopic (exact) mass is 316 g/mol. The zero-order valence-corrected chi connectivity index (χ0v) is 13.2. The maximum absolute atomic E-state index is 6.10. The molecule has 114 valence electrons. The molecule has 0 radical (unpaired) electrons. The number of halogens is 1. The lowest BCUT2D eigenvalue weighted by molar-refractivity contribution is 0.337. The second-order valence-corrected chi connectivity index (χ2v) is 6.00. The summed E-state index contributed by atoms with van der Waals surface area (Å²) in [6, 6.07) is 7.79. The normalized spacial score (nSPS) is 12.7. The molecule has 1 aromatic carbocycles. The van der Waals surface area contributed by atoms with Gasteiger partial charge in [0.15, 0.2) is 5.82 Å². The lowest BCUT2D eigenvalue weighted by Crippen LogP contribution is -2.09.